The minimum Gasteiger partial charge on any atom is -0.357 e. The van der Waals surface area contributed by atoms with E-state index < -0.39 is 0 Å². The fourth-order valence-electron chi connectivity index (χ4n) is 3.48. The maximum absolute atomic E-state index is 6.17. The number of hydrogen-bond donors (Lipinski definition) is 2. The zero-order chi connectivity index (χ0) is 14.9. The second kappa shape index (κ2) is 5.79. The Morgan fingerprint density at radius 3 is 2.86 bits per heavy atom. The van der Waals surface area contributed by atoms with E-state index in [0.717, 1.165) is 18.0 Å². The summed E-state index contributed by atoms with van der Waals surface area (Å²) in [5.41, 5.74) is 5.31. The third kappa shape index (κ3) is 2.53. The predicted molar refractivity (Wildman–Crippen MR) is 92.3 cm³/mol. The van der Waals surface area contributed by atoms with E-state index in [4.69, 9.17) is 11.6 Å². The van der Waals surface area contributed by atoms with E-state index in [1.54, 1.807) is 0 Å². The van der Waals surface area contributed by atoms with Gasteiger partial charge in [-0.15, -0.1) is 0 Å². The summed E-state index contributed by atoms with van der Waals surface area (Å²) in [6, 6.07) is 17.1. The van der Waals surface area contributed by atoms with Crippen LogP contribution in [0.5, 0.6) is 0 Å². The monoisotopic (exact) mass is 310 g/mol. The molecule has 1 heterocycles. The van der Waals surface area contributed by atoms with Crippen molar-refractivity contribution in [1.82, 2.24) is 10.3 Å². The Labute approximate surface area is 135 Å². The molecule has 0 unspecified atom stereocenters. The largest absolute Gasteiger partial charge is 0.357 e. The van der Waals surface area contributed by atoms with Crippen LogP contribution in [0, 0.1) is 0 Å². The third-order valence-corrected chi connectivity index (χ3v) is 4.80. The zero-order valence-electron chi connectivity index (χ0n) is 12.4. The summed E-state index contributed by atoms with van der Waals surface area (Å²) < 4.78 is 0. The van der Waals surface area contributed by atoms with E-state index in [9.17, 15) is 0 Å². The lowest BCUT2D eigenvalue weighted by Gasteiger charge is -2.24. The van der Waals surface area contributed by atoms with Crippen LogP contribution in [0.3, 0.4) is 0 Å². The number of aromatic nitrogens is 1. The maximum Gasteiger partial charge on any atom is 0.0478 e. The van der Waals surface area contributed by atoms with Gasteiger partial charge < -0.3 is 10.3 Å². The highest BCUT2D eigenvalue weighted by Crippen LogP contribution is 2.35. The van der Waals surface area contributed by atoms with Crippen molar-refractivity contribution in [2.75, 3.05) is 0 Å². The molecular formula is C19H19ClN2. The molecule has 3 heteroatoms. The first-order valence-electron chi connectivity index (χ1n) is 7.88. The first-order chi connectivity index (χ1) is 10.8. The molecule has 1 atom stereocenters. The molecule has 0 saturated carbocycles. The Kier molecular flexibility index (Phi) is 3.65. The molecule has 1 aromatic heterocycles. The van der Waals surface area contributed by atoms with Crippen LogP contribution in [-0.4, -0.2) is 4.98 Å². The molecule has 4 rings (SSSR count). The van der Waals surface area contributed by atoms with Gasteiger partial charge >= 0.3 is 0 Å². The normalized spacial score (nSPS) is 17.6. The highest BCUT2D eigenvalue weighted by Gasteiger charge is 2.23. The standard InChI is InChI=1S/C19H19ClN2/c20-14-9-10-17-16(11-14)15-7-4-8-18(19(15)22-17)21-12-13-5-2-1-3-6-13/h1-3,5-6,9-11,18,21-22H,4,7-8,12H2/t18-/m1/s1. The molecule has 3 aromatic rings. The van der Waals surface area contributed by atoms with Gasteiger partial charge in [-0.3, -0.25) is 0 Å². The quantitative estimate of drug-likeness (QED) is 0.701. The number of H-pyrrole nitrogens is 1. The second-order valence-electron chi connectivity index (χ2n) is 6.02. The molecule has 22 heavy (non-hydrogen) atoms. The van der Waals surface area contributed by atoms with Gasteiger partial charge in [-0.2, -0.15) is 0 Å². The van der Waals surface area contributed by atoms with Crippen LogP contribution in [-0.2, 0) is 13.0 Å². The fourth-order valence-corrected chi connectivity index (χ4v) is 3.65. The predicted octanol–water partition coefficient (Wildman–Crippen LogP) is 4.99. The lowest BCUT2D eigenvalue weighted by atomic mass is 9.91. The summed E-state index contributed by atoms with van der Waals surface area (Å²) in [4.78, 5) is 3.61. The summed E-state index contributed by atoms with van der Waals surface area (Å²) in [7, 11) is 0. The fraction of sp³-hybridized carbons (Fsp3) is 0.263. The second-order valence-corrected chi connectivity index (χ2v) is 6.45. The van der Waals surface area contributed by atoms with Crippen molar-refractivity contribution < 1.29 is 0 Å². The van der Waals surface area contributed by atoms with Gasteiger partial charge in [0, 0.05) is 34.2 Å². The van der Waals surface area contributed by atoms with Crippen molar-refractivity contribution in [2.24, 2.45) is 0 Å². The molecular weight excluding hydrogens is 292 g/mol. The summed E-state index contributed by atoms with van der Waals surface area (Å²) in [5.74, 6) is 0. The van der Waals surface area contributed by atoms with Crippen molar-refractivity contribution >= 4 is 22.5 Å². The minimum absolute atomic E-state index is 0.398. The van der Waals surface area contributed by atoms with Gasteiger partial charge in [0.1, 0.15) is 0 Å². The molecule has 2 aromatic carbocycles. The van der Waals surface area contributed by atoms with Crippen LogP contribution < -0.4 is 5.32 Å². The minimum atomic E-state index is 0.398. The van der Waals surface area contributed by atoms with Gasteiger partial charge in [0.15, 0.2) is 0 Å². The number of halogens is 1. The molecule has 2 N–H and O–H groups in total. The number of aromatic amines is 1. The Morgan fingerprint density at radius 1 is 1.14 bits per heavy atom. The Balaban J connectivity index is 1.63. The summed E-state index contributed by atoms with van der Waals surface area (Å²) >= 11 is 6.17. The average Bonchev–Trinajstić information content (AvgIpc) is 2.92. The van der Waals surface area contributed by atoms with Crippen LogP contribution in [0.1, 0.15) is 35.7 Å². The molecule has 0 fully saturated rings. The van der Waals surface area contributed by atoms with Crippen LogP contribution >= 0.6 is 11.6 Å². The first kappa shape index (κ1) is 13.9. The van der Waals surface area contributed by atoms with Crippen LogP contribution in [0.4, 0.5) is 0 Å². The molecule has 2 nitrogen and oxygen atoms in total. The van der Waals surface area contributed by atoms with Crippen molar-refractivity contribution in [3.8, 4) is 0 Å². The number of nitrogens with one attached hydrogen (secondary N) is 2. The van der Waals surface area contributed by atoms with Gasteiger partial charge in [-0.25, -0.2) is 0 Å². The number of benzene rings is 2. The lowest BCUT2D eigenvalue weighted by molar-refractivity contribution is 0.452. The number of aryl methyl sites for hydroxylation is 1. The van der Waals surface area contributed by atoms with E-state index in [-0.39, 0.29) is 0 Å². The molecule has 0 bridgehead atoms. The number of hydrogen-bond acceptors (Lipinski definition) is 1. The smallest absolute Gasteiger partial charge is 0.0478 e. The van der Waals surface area contributed by atoms with Gasteiger partial charge in [-0.05, 0) is 48.6 Å². The molecule has 0 radical (unpaired) electrons. The van der Waals surface area contributed by atoms with Crippen LogP contribution in [0.2, 0.25) is 5.02 Å². The third-order valence-electron chi connectivity index (χ3n) is 4.56. The lowest BCUT2D eigenvalue weighted by Crippen LogP contribution is -2.24. The number of fused-ring (bicyclic) bond motifs is 3. The van der Waals surface area contributed by atoms with Gasteiger partial charge in [0.05, 0.1) is 0 Å². The van der Waals surface area contributed by atoms with Crippen LogP contribution in [0.25, 0.3) is 10.9 Å². The summed E-state index contributed by atoms with van der Waals surface area (Å²) in [5, 5.41) is 5.80. The van der Waals surface area contributed by atoms with Gasteiger partial charge in [0.25, 0.3) is 0 Å². The van der Waals surface area contributed by atoms with Gasteiger partial charge in [0.2, 0.25) is 0 Å². The number of rotatable bonds is 3. The zero-order valence-corrected chi connectivity index (χ0v) is 13.2. The van der Waals surface area contributed by atoms with Crippen molar-refractivity contribution in [1.29, 1.82) is 0 Å². The molecule has 0 aliphatic heterocycles. The molecule has 0 saturated heterocycles. The summed E-state index contributed by atoms with van der Waals surface area (Å²) in [6.07, 6.45) is 3.54. The topological polar surface area (TPSA) is 27.8 Å². The van der Waals surface area contributed by atoms with Crippen molar-refractivity contribution in [2.45, 2.75) is 31.8 Å². The van der Waals surface area contributed by atoms with E-state index in [0.29, 0.717) is 6.04 Å². The molecule has 1 aliphatic rings. The Morgan fingerprint density at radius 2 is 2.00 bits per heavy atom. The highest BCUT2D eigenvalue weighted by molar-refractivity contribution is 6.31. The molecule has 112 valence electrons. The molecule has 0 spiro atoms. The maximum atomic E-state index is 6.17. The Hall–Kier alpha value is -1.77. The van der Waals surface area contributed by atoms with E-state index >= 15 is 0 Å². The summed E-state index contributed by atoms with van der Waals surface area (Å²) in [6.45, 7) is 0.904. The van der Waals surface area contributed by atoms with Crippen molar-refractivity contribution in [3.63, 3.8) is 0 Å². The molecule has 1 aliphatic carbocycles. The SMILES string of the molecule is Clc1ccc2[nH]c3c(c2c1)CCC[C@H]3NCc1ccccc1. The first-order valence-corrected chi connectivity index (χ1v) is 8.26. The average molecular weight is 311 g/mol. The van der Waals surface area contributed by atoms with Gasteiger partial charge in [-0.1, -0.05) is 41.9 Å². The highest BCUT2D eigenvalue weighted by atomic mass is 35.5. The van der Waals surface area contributed by atoms with E-state index in [1.165, 1.54) is 40.6 Å². The van der Waals surface area contributed by atoms with E-state index in [1.807, 2.05) is 6.07 Å². The van der Waals surface area contributed by atoms with Crippen molar-refractivity contribution in [3.05, 3.63) is 70.4 Å². The molecule has 0 amide bonds. The Bertz CT molecular complexity index is 792. The van der Waals surface area contributed by atoms with E-state index in [2.05, 4.69) is 52.8 Å². The van der Waals surface area contributed by atoms with Crippen LogP contribution in [0.15, 0.2) is 48.5 Å².